The van der Waals surface area contributed by atoms with Crippen molar-refractivity contribution in [1.82, 2.24) is 15.3 Å². The molecule has 0 unspecified atom stereocenters. The zero-order valence-electron chi connectivity index (χ0n) is 15.1. The highest BCUT2D eigenvalue weighted by Crippen LogP contribution is 2.32. The maximum atomic E-state index is 12.0. The Morgan fingerprint density at radius 3 is 2.81 bits per heavy atom. The molecule has 144 valence electrons. The van der Waals surface area contributed by atoms with Gasteiger partial charge in [-0.15, -0.1) is 0 Å². The van der Waals surface area contributed by atoms with Gasteiger partial charge in [0.1, 0.15) is 5.82 Å². The first kappa shape index (κ1) is 17.9. The van der Waals surface area contributed by atoms with Crippen molar-refractivity contribution >= 4 is 21.6 Å². The Morgan fingerprint density at radius 1 is 1.31 bits per heavy atom. The molecule has 3 saturated heterocycles. The van der Waals surface area contributed by atoms with Crippen molar-refractivity contribution in [2.75, 3.05) is 54.1 Å². The van der Waals surface area contributed by atoms with E-state index in [2.05, 4.69) is 27.0 Å². The number of hydrogen-bond acceptors (Lipinski definition) is 8. The Morgan fingerprint density at radius 2 is 2.08 bits per heavy atom. The van der Waals surface area contributed by atoms with Crippen LogP contribution in [0.15, 0.2) is 12.3 Å². The number of rotatable bonds is 3. The molecule has 3 aliphatic rings. The van der Waals surface area contributed by atoms with Crippen molar-refractivity contribution in [2.24, 2.45) is 5.41 Å². The molecule has 0 bridgehead atoms. The van der Waals surface area contributed by atoms with E-state index in [1.807, 2.05) is 6.07 Å². The third kappa shape index (κ3) is 3.39. The maximum absolute atomic E-state index is 12.0. The summed E-state index contributed by atoms with van der Waals surface area (Å²) in [5.74, 6) is 1.89. The van der Waals surface area contributed by atoms with E-state index in [0.717, 1.165) is 44.8 Å². The molecule has 0 saturated carbocycles. The number of sulfone groups is 1. The number of anilines is 2. The lowest BCUT2D eigenvalue weighted by Gasteiger charge is -2.40. The van der Waals surface area contributed by atoms with Gasteiger partial charge >= 0.3 is 0 Å². The lowest BCUT2D eigenvalue weighted by atomic mass is 9.81. The maximum Gasteiger partial charge on any atom is 0.227 e. The predicted octanol–water partition coefficient (Wildman–Crippen LogP) is -0.349. The Balaban J connectivity index is 1.53. The molecule has 1 aromatic heterocycles. The summed E-state index contributed by atoms with van der Waals surface area (Å²) in [6.45, 7) is 5.47. The lowest BCUT2D eigenvalue weighted by molar-refractivity contribution is 0.114. The number of nitrogens with one attached hydrogen (secondary N) is 1. The van der Waals surface area contributed by atoms with Gasteiger partial charge in [0.2, 0.25) is 5.95 Å². The van der Waals surface area contributed by atoms with Crippen molar-refractivity contribution in [1.29, 1.82) is 0 Å². The Kier molecular flexibility index (Phi) is 4.56. The summed E-state index contributed by atoms with van der Waals surface area (Å²) in [5.41, 5.74) is -0.0158. The van der Waals surface area contributed by atoms with Crippen LogP contribution in [0.3, 0.4) is 0 Å². The van der Waals surface area contributed by atoms with Gasteiger partial charge in [0, 0.05) is 45.0 Å². The molecular formula is C17H27N5O3S. The molecule has 4 rings (SSSR count). The summed E-state index contributed by atoms with van der Waals surface area (Å²) in [6, 6.07) is 1.79. The summed E-state index contributed by atoms with van der Waals surface area (Å²) in [4.78, 5) is 13.5. The Bertz CT molecular complexity index is 763. The second-order valence-corrected chi connectivity index (χ2v) is 10.2. The van der Waals surface area contributed by atoms with E-state index >= 15 is 0 Å². The van der Waals surface area contributed by atoms with Crippen LogP contribution in [0.2, 0.25) is 0 Å². The van der Waals surface area contributed by atoms with Gasteiger partial charge in [-0.1, -0.05) is 6.92 Å². The minimum Gasteiger partial charge on any atom is -0.396 e. The van der Waals surface area contributed by atoms with E-state index in [-0.39, 0.29) is 35.6 Å². The van der Waals surface area contributed by atoms with Crippen LogP contribution in [0.5, 0.6) is 0 Å². The highest BCUT2D eigenvalue weighted by Gasteiger charge is 2.43. The van der Waals surface area contributed by atoms with Crippen LogP contribution in [-0.2, 0) is 9.84 Å². The fraction of sp³-hybridized carbons (Fsp3) is 0.765. The molecule has 26 heavy (non-hydrogen) atoms. The Hall–Kier alpha value is -1.45. The molecule has 9 heteroatoms. The number of aromatic nitrogens is 2. The van der Waals surface area contributed by atoms with Crippen LogP contribution >= 0.6 is 0 Å². The van der Waals surface area contributed by atoms with Gasteiger partial charge in [0.05, 0.1) is 17.5 Å². The average Bonchev–Trinajstić information content (AvgIpc) is 2.96. The first-order chi connectivity index (χ1) is 12.4. The number of fused-ring (bicyclic) bond motifs is 1. The van der Waals surface area contributed by atoms with Gasteiger partial charge in [-0.25, -0.2) is 13.4 Å². The number of piperidine rings is 1. The van der Waals surface area contributed by atoms with Gasteiger partial charge in [-0.05, 0) is 24.3 Å². The smallest absolute Gasteiger partial charge is 0.227 e. The Labute approximate surface area is 154 Å². The monoisotopic (exact) mass is 381 g/mol. The standard InChI is InChI=1S/C17H27N5O3S/c1-17(12-23)3-7-21(8-4-17)16-19-5-2-15(20-16)22-9-6-18-13-10-26(24,25)11-14(13)22/h2,5,13-14,18,23H,3-4,6-12H2,1H3/t13-,14+/m0/s1. The van der Waals surface area contributed by atoms with E-state index in [0.29, 0.717) is 5.95 Å². The number of hydrogen-bond donors (Lipinski definition) is 2. The molecule has 0 aromatic carbocycles. The number of aliphatic hydroxyl groups is 1. The second kappa shape index (κ2) is 6.61. The minimum atomic E-state index is -3.00. The first-order valence-corrected chi connectivity index (χ1v) is 11.1. The summed E-state index contributed by atoms with van der Waals surface area (Å²) >= 11 is 0. The molecule has 1 aromatic rings. The molecule has 0 radical (unpaired) electrons. The minimum absolute atomic E-state index is 0.0158. The van der Waals surface area contributed by atoms with E-state index in [9.17, 15) is 13.5 Å². The van der Waals surface area contributed by atoms with Crippen LogP contribution < -0.4 is 15.1 Å². The van der Waals surface area contributed by atoms with E-state index < -0.39 is 9.84 Å². The largest absolute Gasteiger partial charge is 0.396 e. The predicted molar refractivity (Wildman–Crippen MR) is 100 cm³/mol. The number of piperazine rings is 1. The quantitative estimate of drug-likeness (QED) is 0.733. The second-order valence-electron chi connectivity index (χ2n) is 8.07. The van der Waals surface area contributed by atoms with Crippen molar-refractivity contribution in [3.8, 4) is 0 Å². The van der Waals surface area contributed by atoms with Crippen molar-refractivity contribution < 1.29 is 13.5 Å². The fourth-order valence-corrected chi connectivity index (χ4v) is 6.16. The van der Waals surface area contributed by atoms with Crippen LogP contribution in [0.1, 0.15) is 19.8 Å². The van der Waals surface area contributed by atoms with E-state index in [1.165, 1.54) is 0 Å². The SMILES string of the molecule is CC1(CO)CCN(c2nccc(N3CCN[C@H]4CS(=O)(=O)C[C@H]43)n2)CC1. The molecule has 0 spiro atoms. The highest BCUT2D eigenvalue weighted by atomic mass is 32.2. The molecule has 0 aliphatic carbocycles. The van der Waals surface area contributed by atoms with Gasteiger partial charge < -0.3 is 20.2 Å². The van der Waals surface area contributed by atoms with Crippen LogP contribution in [-0.4, -0.2) is 79.9 Å². The topological polar surface area (TPSA) is 98.7 Å². The summed E-state index contributed by atoms with van der Waals surface area (Å²) in [7, 11) is -3.00. The summed E-state index contributed by atoms with van der Waals surface area (Å²) in [5, 5.41) is 12.9. The highest BCUT2D eigenvalue weighted by molar-refractivity contribution is 7.91. The summed E-state index contributed by atoms with van der Waals surface area (Å²) < 4.78 is 24.1. The zero-order chi connectivity index (χ0) is 18.4. The van der Waals surface area contributed by atoms with Gasteiger partial charge in [0.25, 0.3) is 0 Å². The average molecular weight is 382 g/mol. The number of aliphatic hydroxyl groups excluding tert-OH is 1. The van der Waals surface area contributed by atoms with Gasteiger partial charge in [0.15, 0.2) is 9.84 Å². The van der Waals surface area contributed by atoms with Crippen molar-refractivity contribution in [3.05, 3.63) is 12.3 Å². The number of nitrogens with zero attached hydrogens (tertiary/aromatic N) is 4. The zero-order valence-corrected chi connectivity index (χ0v) is 16.0. The molecule has 2 N–H and O–H groups in total. The fourth-order valence-electron chi connectivity index (χ4n) is 4.21. The molecule has 0 amide bonds. The normalized spacial score (nSPS) is 30.2. The van der Waals surface area contributed by atoms with E-state index in [4.69, 9.17) is 4.98 Å². The third-order valence-corrected chi connectivity index (χ3v) is 7.76. The first-order valence-electron chi connectivity index (χ1n) is 9.28. The van der Waals surface area contributed by atoms with Crippen LogP contribution in [0.25, 0.3) is 0 Å². The molecule has 3 aliphatic heterocycles. The van der Waals surface area contributed by atoms with Crippen molar-refractivity contribution in [3.63, 3.8) is 0 Å². The van der Waals surface area contributed by atoms with Crippen molar-refractivity contribution in [2.45, 2.75) is 31.8 Å². The van der Waals surface area contributed by atoms with Gasteiger partial charge in [-0.3, -0.25) is 0 Å². The molecule has 2 atom stereocenters. The van der Waals surface area contributed by atoms with E-state index in [1.54, 1.807) is 6.20 Å². The van der Waals surface area contributed by atoms with Gasteiger partial charge in [-0.2, -0.15) is 4.98 Å². The van der Waals surface area contributed by atoms with Crippen LogP contribution in [0, 0.1) is 5.41 Å². The molecular weight excluding hydrogens is 354 g/mol. The molecule has 8 nitrogen and oxygen atoms in total. The lowest BCUT2D eigenvalue weighted by Crippen LogP contribution is -2.57. The summed E-state index contributed by atoms with van der Waals surface area (Å²) in [6.07, 6.45) is 3.58. The third-order valence-electron chi connectivity index (χ3n) is 6.04. The molecule has 4 heterocycles. The molecule has 3 fully saturated rings. The van der Waals surface area contributed by atoms with Crippen LogP contribution in [0.4, 0.5) is 11.8 Å².